The number of amides is 1. The Bertz CT molecular complexity index is 1480. The van der Waals surface area contributed by atoms with E-state index in [1.165, 1.54) is 4.90 Å². The van der Waals surface area contributed by atoms with Gasteiger partial charge in [0.05, 0.1) is 36.1 Å². The number of ether oxygens (including phenoxy) is 1. The fraction of sp³-hybridized carbons (Fsp3) is 0.143. The maximum Gasteiger partial charge on any atom is 0.305 e. The topological polar surface area (TPSA) is 135 Å². The summed E-state index contributed by atoms with van der Waals surface area (Å²) in [6, 6.07) is 22.3. The molecule has 4 aromatic rings. The summed E-state index contributed by atoms with van der Waals surface area (Å²) in [6.45, 7) is 0.514. The van der Waals surface area contributed by atoms with Crippen LogP contribution in [-0.2, 0) is 17.9 Å². The molecule has 0 bridgehead atoms. The number of hydrogen-bond donors (Lipinski definition) is 3. The zero-order valence-corrected chi connectivity index (χ0v) is 19.9. The molecule has 1 amide bonds. The lowest BCUT2D eigenvalue weighted by atomic mass is 10.1. The predicted octanol–water partition coefficient (Wildman–Crippen LogP) is 3.83. The average Bonchev–Trinajstić information content (AvgIpc) is 3.28. The smallest absolute Gasteiger partial charge is 0.305 e. The van der Waals surface area contributed by atoms with Crippen LogP contribution < -0.4 is 10.5 Å². The first-order chi connectivity index (χ1) is 17.9. The molecule has 0 fully saturated rings. The van der Waals surface area contributed by atoms with Crippen LogP contribution in [0, 0.1) is 5.41 Å². The number of nitrogens with two attached hydrogens (primary N) is 1. The lowest BCUT2D eigenvalue weighted by molar-refractivity contribution is -0.137. The fourth-order valence-electron chi connectivity index (χ4n) is 4.33. The summed E-state index contributed by atoms with van der Waals surface area (Å²) in [4.78, 5) is 30.9. The number of nitrogens with one attached hydrogen (secondary N) is 1. The van der Waals surface area contributed by atoms with Crippen LogP contribution in [-0.4, -0.2) is 43.8 Å². The minimum Gasteiger partial charge on any atom is -0.489 e. The molecule has 0 saturated carbocycles. The molecule has 0 unspecified atom stereocenters. The van der Waals surface area contributed by atoms with Gasteiger partial charge in [0.15, 0.2) is 0 Å². The number of imidazole rings is 1. The van der Waals surface area contributed by atoms with Gasteiger partial charge in [0, 0.05) is 17.7 Å². The van der Waals surface area contributed by atoms with Gasteiger partial charge in [-0.1, -0.05) is 54.6 Å². The molecule has 186 valence electrons. The number of aromatic nitrogens is 2. The highest BCUT2D eigenvalue weighted by Crippen LogP contribution is 2.33. The van der Waals surface area contributed by atoms with Gasteiger partial charge in [-0.15, -0.1) is 0 Å². The number of amidine groups is 1. The molecule has 9 heteroatoms. The third kappa shape index (κ3) is 4.92. The summed E-state index contributed by atoms with van der Waals surface area (Å²) in [5, 5.41) is 16.7. The quantitative estimate of drug-likeness (QED) is 0.251. The molecule has 0 radical (unpaired) electrons. The van der Waals surface area contributed by atoms with Crippen molar-refractivity contribution in [1.29, 1.82) is 5.41 Å². The molecule has 9 nitrogen and oxygen atoms in total. The molecular formula is C28H25N5O4. The zero-order chi connectivity index (χ0) is 25.9. The number of carbonyl (C=O) groups is 2. The van der Waals surface area contributed by atoms with Gasteiger partial charge in [-0.25, -0.2) is 4.98 Å². The van der Waals surface area contributed by atoms with E-state index in [4.69, 9.17) is 15.9 Å². The predicted molar refractivity (Wildman–Crippen MR) is 138 cm³/mol. The molecule has 0 spiro atoms. The van der Waals surface area contributed by atoms with Gasteiger partial charge in [-0.05, 0) is 23.8 Å². The maximum atomic E-state index is 13.6. The van der Waals surface area contributed by atoms with E-state index in [0.29, 0.717) is 28.4 Å². The first-order valence-corrected chi connectivity index (χ1v) is 11.7. The molecule has 4 N–H and O–H groups in total. The second-order valence-electron chi connectivity index (χ2n) is 8.71. The van der Waals surface area contributed by atoms with Crippen LogP contribution in [0.1, 0.15) is 33.7 Å². The van der Waals surface area contributed by atoms with Crippen LogP contribution in [0.4, 0.5) is 0 Å². The summed E-state index contributed by atoms with van der Waals surface area (Å²) < 4.78 is 7.94. The SMILES string of the molecule is N=C(N)c1ccc(COc2ccc3c(c2)C(=O)N(CCC(=O)O)Cc2ncc(-c4ccccc4)n2-3)cc1. The number of carboxylic acids is 1. The number of nitrogen functional groups attached to an aromatic ring is 1. The number of carbonyl (C=O) groups excluding carboxylic acids is 1. The van der Waals surface area contributed by atoms with E-state index in [1.807, 2.05) is 59.2 Å². The number of carboxylic acid groups (broad SMARTS) is 1. The minimum atomic E-state index is -0.974. The fourth-order valence-corrected chi connectivity index (χ4v) is 4.33. The summed E-state index contributed by atoms with van der Waals surface area (Å²) in [7, 11) is 0. The van der Waals surface area contributed by atoms with Gasteiger partial charge >= 0.3 is 5.97 Å². The van der Waals surface area contributed by atoms with E-state index < -0.39 is 5.97 Å². The van der Waals surface area contributed by atoms with E-state index in [1.54, 1.807) is 24.4 Å². The van der Waals surface area contributed by atoms with Crippen molar-refractivity contribution in [2.75, 3.05) is 6.54 Å². The second-order valence-corrected chi connectivity index (χ2v) is 8.71. The van der Waals surface area contributed by atoms with E-state index in [-0.39, 0.29) is 37.9 Å². The van der Waals surface area contributed by atoms with Gasteiger partial charge in [0.2, 0.25) is 0 Å². The van der Waals surface area contributed by atoms with E-state index >= 15 is 0 Å². The molecule has 0 aliphatic carbocycles. The number of benzene rings is 3. The highest BCUT2D eigenvalue weighted by atomic mass is 16.5. The van der Waals surface area contributed by atoms with Crippen LogP contribution in [0.15, 0.2) is 79.0 Å². The van der Waals surface area contributed by atoms with E-state index in [2.05, 4.69) is 4.98 Å². The van der Waals surface area contributed by atoms with Crippen LogP contribution in [0.2, 0.25) is 0 Å². The minimum absolute atomic E-state index is 0.00192. The van der Waals surface area contributed by atoms with Gasteiger partial charge in [0.25, 0.3) is 5.91 Å². The van der Waals surface area contributed by atoms with Gasteiger partial charge in [0.1, 0.15) is 24.0 Å². The third-order valence-corrected chi connectivity index (χ3v) is 6.23. The first-order valence-electron chi connectivity index (χ1n) is 11.7. The number of fused-ring (bicyclic) bond motifs is 3. The Morgan fingerprint density at radius 1 is 1.08 bits per heavy atom. The van der Waals surface area contributed by atoms with Crippen LogP contribution in [0.3, 0.4) is 0 Å². The zero-order valence-electron chi connectivity index (χ0n) is 19.9. The molecule has 1 aliphatic rings. The van der Waals surface area contributed by atoms with Crippen molar-refractivity contribution in [3.63, 3.8) is 0 Å². The van der Waals surface area contributed by atoms with E-state index in [0.717, 1.165) is 16.8 Å². The standard InChI is InChI=1S/C28H25N5O4/c29-27(30)20-8-6-18(7-9-20)17-37-21-10-11-23-22(14-21)28(36)32(13-12-26(34)35)16-25-31-15-24(33(23)25)19-4-2-1-3-5-19/h1-11,14-15H,12-13,16-17H2,(H3,29,30)(H,34,35). The monoisotopic (exact) mass is 495 g/mol. The van der Waals surface area contributed by atoms with Crippen LogP contribution in [0.5, 0.6) is 5.75 Å². The molecule has 0 atom stereocenters. The molecular weight excluding hydrogens is 470 g/mol. The Morgan fingerprint density at radius 3 is 2.54 bits per heavy atom. The van der Waals surface area contributed by atoms with Crippen molar-refractivity contribution in [1.82, 2.24) is 14.5 Å². The summed E-state index contributed by atoms with van der Waals surface area (Å²) in [6.07, 6.45) is 1.61. The Labute approximate surface area is 213 Å². The summed E-state index contributed by atoms with van der Waals surface area (Å²) in [5.41, 5.74) is 9.89. The summed E-state index contributed by atoms with van der Waals surface area (Å²) in [5.74, 6) is -0.102. The van der Waals surface area contributed by atoms with Gasteiger partial charge in [-0.3, -0.25) is 19.6 Å². The lowest BCUT2D eigenvalue weighted by Crippen LogP contribution is -2.32. The summed E-state index contributed by atoms with van der Waals surface area (Å²) >= 11 is 0. The number of rotatable bonds is 8. The lowest BCUT2D eigenvalue weighted by Gasteiger charge is -2.19. The molecule has 1 aromatic heterocycles. The van der Waals surface area contributed by atoms with Crippen molar-refractivity contribution in [2.45, 2.75) is 19.6 Å². The molecule has 0 saturated heterocycles. The van der Waals surface area contributed by atoms with Gasteiger partial charge in [-0.2, -0.15) is 0 Å². The number of nitrogens with zero attached hydrogens (tertiary/aromatic N) is 3. The molecule has 5 rings (SSSR count). The largest absolute Gasteiger partial charge is 0.489 e. The Hall–Kier alpha value is -4.92. The Balaban J connectivity index is 1.51. The number of aliphatic carboxylic acids is 1. The average molecular weight is 496 g/mol. The third-order valence-electron chi connectivity index (χ3n) is 6.23. The van der Waals surface area contributed by atoms with Crippen LogP contribution in [0.25, 0.3) is 16.9 Å². The normalized spacial score (nSPS) is 12.4. The Kier molecular flexibility index (Phi) is 6.42. The Morgan fingerprint density at radius 2 is 1.84 bits per heavy atom. The molecule has 1 aliphatic heterocycles. The van der Waals surface area contributed by atoms with Crippen molar-refractivity contribution in [3.8, 4) is 22.7 Å². The van der Waals surface area contributed by atoms with Gasteiger partial charge < -0.3 is 20.5 Å². The first kappa shape index (κ1) is 23.8. The highest BCUT2D eigenvalue weighted by molar-refractivity contribution is 5.99. The van der Waals surface area contributed by atoms with Crippen molar-refractivity contribution >= 4 is 17.7 Å². The van der Waals surface area contributed by atoms with E-state index in [9.17, 15) is 14.7 Å². The van der Waals surface area contributed by atoms with Crippen molar-refractivity contribution < 1.29 is 19.4 Å². The van der Waals surface area contributed by atoms with Crippen LogP contribution >= 0.6 is 0 Å². The molecule has 37 heavy (non-hydrogen) atoms. The van der Waals surface area contributed by atoms with Crippen molar-refractivity contribution in [2.24, 2.45) is 5.73 Å². The van der Waals surface area contributed by atoms with Crippen molar-refractivity contribution in [3.05, 3.63) is 102 Å². The second kappa shape index (κ2) is 9.98. The highest BCUT2D eigenvalue weighted by Gasteiger charge is 2.29. The molecule has 3 aromatic carbocycles. The number of hydrogen-bond acceptors (Lipinski definition) is 5. The molecule has 2 heterocycles. The maximum absolute atomic E-state index is 13.6.